The molecular formula is C40H36N4O5. The van der Waals surface area contributed by atoms with Crippen molar-refractivity contribution in [3.63, 3.8) is 0 Å². The maximum Gasteiger partial charge on any atom is 0.335 e. The second-order valence-electron chi connectivity index (χ2n) is 13.6. The number of fused-ring (bicyclic) bond motifs is 2. The number of carboxylic acids is 2. The van der Waals surface area contributed by atoms with Gasteiger partial charge in [0.2, 0.25) is 0 Å². The number of rotatable bonds is 7. The lowest BCUT2D eigenvalue weighted by molar-refractivity contribution is 0.0678. The molecule has 1 amide bonds. The summed E-state index contributed by atoms with van der Waals surface area (Å²) in [6.45, 7) is 7.96. The Morgan fingerprint density at radius 2 is 1.55 bits per heavy atom. The zero-order valence-corrected chi connectivity index (χ0v) is 27.6. The van der Waals surface area contributed by atoms with Crippen molar-refractivity contribution in [2.45, 2.75) is 33.7 Å². The van der Waals surface area contributed by atoms with Crippen molar-refractivity contribution < 1.29 is 24.6 Å². The SMILES string of the molecule is CC1(C)C(c2ccc(C(=O)O)cc2)=CC[C@]2(C)CN(C(=O)c3ccccc3-c3nc4cc(C(=O)O)ccc4n3Cc3ccccn3)CC=C12. The van der Waals surface area contributed by atoms with Crippen LogP contribution < -0.4 is 0 Å². The molecule has 2 aliphatic rings. The van der Waals surface area contributed by atoms with Crippen molar-refractivity contribution in [3.05, 3.63) is 137 Å². The first-order valence-electron chi connectivity index (χ1n) is 16.2. The molecule has 0 radical (unpaired) electrons. The topological polar surface area (TPSA) is 126 Å². The highest BCUT2D eigenvalue weighted by atomic mass is 16.4. The number of carbonyl (C=O) groups excluding carboxylic acids is 1. The van der Waals surface area contributed by atoms with E-state index >= 15 is 0 Å². The first-order chi connectivity index (χ1) is 23.5. The van der Waals surface area contributed by atoms with Gasteiger partial charge in [-0.15, -0.1) is 0 Å². The van der Waals surface area contributed by atoms with Gasteiger partial charge in [0, 0.05) is 35.7 Å². The summed E-state index contributed by atoms with van der Waals surface area (Å²) in [5.74, 6) is -1.53. The Morgan fingerprint density at radius 1 is 0.837 bits per heavy atom. The number of nitrogens with zero attached hydrogens (tertiary/aromatic N) is 4. The predicted molar refractivity (Wildman–Crippen MR) is 187 cm³/mol. The minimum absolute atomic E-state index is 0.105. The van der Waals surface area contributed by atoms with Crippen molar-refractivity contribution in [2.24, 2.45) is 10.8 Å². The van der Waals surface area contributed by atoms with Crippen molar-refractivity contribution in [1.82, 2.24) is 19.4 Å². The molecule has 0 fully saturated rings. The molecule has 7 rings (SSSR count). The number of benzene rings is 3. The van der Waals surface area contributed by atoms with E-state index in [1.54, 1.807) is 36.5 Å². The fraction of sp³-hybridized carbons (Fsp3) is 0.225. The van der Waals surface area contributed by atoms with Crippen LogP contribution in [-0.2, 0) is 6.54 Å². The number of imidazole rings is 1. The molecule has 246 valence electrons. The summed E-state index contributed by atoms with van der Waals surface area (Å²) >= 11 is 0. The molecule has 9 heteroatoms. The number of carbonyl (C=O) groups is 3. The van der Waals surface area contributed by atoms with E-state index in [0.29, 0.717) is 42.1 Å². The number of aromatic nitrogens is 3. The lowest BCUT2D eigenvalue weighted by Crippen LogP contribution is -2.48. The van der Waals surface area contributed by atoms with Crippen LogP contribution in [0.3, 0.4) is 0 Å². The Labute approximate surface area is 283 Å². The van der Waals surface area contributed by atoms with Crippen LogP contribution in [0.15, 0.2) is 109 Å². The van der Waals surface area contributed by atoms with E-state index in [9.17, 15) is 24.6 Å². The second-order valence-corrected chi connectivity index (χ2v) is 13.6. The number of hydrogen-bond acceptors (Lipinski definition) is 5. The average molecular weight is 653 g/mol. The molecule has 0 unspecified atom stereocenters. The standard InChI is InChI=1S/C40H36N4O5/c1-39(2)31(25-11-13-26(14-12-25)37(46)47)17-19-40(3)24-43(21-18-34(39)40)36(45)30-10-5-4-9-29(30)35-42-32-22-27(38(48)49)15-16-33(32)44(35)23-28-8-6-7-20-41-28/h4-18,20,22H,19,21,23-24H2,1-3H3,(H,46,47)(H,48,49)/t40-/m1/s1. The Bertz CT molecular complexity index is 2200. The monoisotopic (exact) mass is 652 g/mol. The Balaban J connectivity index is 1.23. The van der Waals surface area contributed by atoms with Crippen LogP contribution in [0.5, 0.6) is 0 Å². The fourth-order valence-corrected chi connectivity index (χ4v) is 7.67. The highest BCUT2D eigenvalue weighted by Crippen LogP contribution is 2.55. The van der Waals surface area contributed by atoms with E-state index in [1.165, 1.54) is 5.57 Å². The van der Waals surface area contributed by atoms with Gasteiger partial charge >= 0.3 is 11.9 Å². The Kier molecular flexibility index (Phi) is 7.78. The third-order valence-corrected chi connectivity index (χ3v) is 9.98. The van der Waals surface area contributed by atoms with Crippen LogP contribution in [0.2, 0.25) is 0 Å². The highest BCUT2D eigenvalue weighted by molar-refractivity contribution is 6.01. The van der Waals surface area contributed by atoms with E-state index in [4.69, 9.17) is 4.98 Å². The average Bonchev–Trinajstić information content (AvgIpc) is 3.45. The van der Waals surface area contributed by atoms with Gasteiger partial charge in [-0.05, 0) is 66.1 Å². The van der Waals surface area contributed by atoms with Crippen molar-refractivity contribution >= 4 is 34.5 Å². The van der Waals surface area contributed by atoms with Gasteiger partial charge in [0.1, 0.15) is 5.82 Å². The van der Waals surface area contributed by atoms with E-state index in [-0.39, 0.29) is 27.9 Å². The van der Waals surface area contributed by atoms with Gasteiger partial charge in [0.25, 0.3) is 5.91 Å². The van der Waals surface area contributed by atoms with Gasteiger partial charge < -0.3 is 19.7 Å². The van der Waals surface area contributed by atoms with E-state index < -0.39 is 11.9 Å². The molecule has 49 heavy (non-hydrogen) atoms. The maximum absolute atomic E-state index is 14.5. The summed E-state index contributed by atoms with van der Waals surface area (Å²) in [6, 6.07) is 25.1. The summed E-state index contributed by atoms with van der Waals surface area (Å²) in [6.07, 6.45) is 6.88. The first kappa shape index (κ1) is 31.8. The number of aromatic carboxylic acids is 2. The summed E-state index contributed by atoms with van der Waals surface area (Å²) in [5, 5.41) is 19.0. The molecule has 1 aliphatic heterocycles. The molecule has 0 saturated heterocycles. The minimum atomic E-state index is -1.03. The minimum Gasteiger partial charge on any atom is -0.478 e. The molecule has 1 atom stereocenters. The molecule has 9 nitrogen and oxygen atoms in total. The van der Waals surface area contributed by atoms with Crippen molar-refractivity contribution in [2.75, 3.05) is 13.1 Å². The zero-order chi connectivity index (χ0) is 34.5. The molecule has 0 spiro atoms. The van der Waals surface area contributed by atoms with Gasteiger partial charge in [0.15, 0.2) is 0 Å². The molecular weight excluding hydrogens is 616 g/mol. The number of hydrogen-bond donors (Lipinski definition) is 2. The van der Waals surface area contributed by atoms with Crippen LogP contribution in [0.4, 0.5) is 0 Å². The molecule has 2 N–H and O–H groups in total. The summed E-state index contributed by atoms with van der Waals surface area (Å²) in [5.41, 5.74) is 6.44. The smallest absolute Gasteiger partial charge is 0.335 e. The van der Waals surface area contributed by atoms with Crippen LogP contribution in [-0.4, -0.2) is 60.6 Å². The number of carboxylic acid groups (broad SMARTS) is 2. The van der Waals surface area contributed by atoms with Gasteiger partial charge in [0.05, 0.1) is 40.0 Å². The van der Waals surface area contributed by atoms with E-state index in [2.05, 4.69) is 37.9 Å². The number of allylic oxidation sites excluding steroid dienone is 2. The zero-order valence-electron chi connectivity index (χ0n) is 27.6. The lowest BCUT2D eigenvalue weighted by atomic mass is 9.58. The van der Waals surface area contributed by atoms with Crippen molar-refractivity contribution in [1.29, 1.82) is 0 Å². The largest absolute Gasteiger partial charge is 0.478 e. The molecule has 0 saturated carbocycles. The van der Waals surface area contributed by atoms with Crippen LogP contribution in [0, 0.1) is 10.8 Å². The molecule has 2 aromatic heterocycles. The van der Waals surface area contributed by atoms with E-state index in [0.717, 1.165) is 28.8 Å². The summed E-state index contributed by atoms with van der Waals surface area (Å²) in [7, 11) is 0. The first-order valence-corrected chi connectivity index (χ1v) is 16.2. The van der Waals surface area contributed by atoms with Crippen LogP contribution >= 0.6 is 0 Å². The quantitative estimate of drug-likeness (QED) is 0.175. The van der Waals surface area contributed by atoms with E-state index in [1.807, 2.05) is 64.1 Å². The molecule has 3 aromatic carbocycles. The number of pyridine rings is 1. The lowest BCUT2D eigenvalue weighted by Gasteiger charge is -2.50. The molecule has 0 bridgehead atoms. The Morgan fingerprint density at radius 3 is 2.27 bits per heavy atom. The van der Waals surface area contributed by atoms with Crippen LogP contribution in [0.1, 0.15) is 69.5 Å². The van der Waals surface area contributed by atoms with Gasteiger partial charge in [-0.3, -0.25) is 9.78 Å². The van der Waals surface area contributed by atoms with Gasteiger partial charge in [-0.2, -0.15) is 0 Å². The Hall–Kier alpha value is -5.83. The maximum atomic E-state index is 14.5. The summed E-state index contributed by atoms with van der Waals surface area (Å²) < 4.78 is 1.99. The molecule has 3 heterocycles. The van der Waals surface area contributed by atoms with Crippen LogP contribution in [0.25, 0.3) is 28.0 Å². The summed E-state index contributed by atoms with van der Waals surface area (Å²) in [4.78, 5) is 49.0. The fourth-order valence-electron chi connectivity index (χ4n) is 7.67. The molecule has 5 aromatic rings. The van der Waals surface area contributed by atoms with Gasteiger partial charge in [-0.1, -0.05) is 74.9 Å². The third kappa shape index (κ3) is 5.61. The highest BCUT2D eigenvalue weighted by Gasteiger charge is 2.46. The van der Waals surface area contributed by atoms with Crippen molar-refractivity contribution in [3.8, 4) is 11.4 Å². The normalized spacial score (nSPS) is 18.4. The number of amides is 1. The predicted octanol–water partition coefficient (Wildman–Crippen LogP) is 7.45. The third-order valence-electron chi connectivity index (χ3n) is 9.98. The van der Waals surface area contributed by atoms with Gasteiger partial charge in [-0.25, -0.2) is 14.6 Å². The molecule has 1 aliphatic carbocycles. The second kappa shape index (κ2) is 12.0.